The Balaban J connectivity index is 1.82. The standard InChI is InChI=1S/C16H24N4S/c1-3-17-13(10-16-18-11-19-20(16)4-2)15-9-12-7-5-6-8-14(12)21-15/h9,11,13,17H,3-8,10H2,1-2H3. The Kier molecular flexibility index (Phi) is 4.70. The maximum absolute atomic E-state index is 4.43. The van der Waals surface area contributed by atoms with Gasteiger partial charge in [-0.2, -0.15) is 5.10 Å². The minimum atomic E-state index is 0.361. The van der Waals surface area contributed by atoms with Crippen LogP contribution in [-0.4, -0.2) is 21.3 Å². The maximum Gasteiger partial charge on any atom is 0.138 e. The monoisotopic (exact) mass is 304 g/mol. The van der Waals surface area contributed by atoms with E-state index in [9.17, 15) is 0 Å². The smallest absolute Gasteiger partial charge is 0.138 e. The average Bonchev–Trinajstić information content (AvgIpc) is 3.12. The van der Waals surface area contributed by atoms with E-state index >= 15 is 0 Å². The molecule has 0 saturated carbocycles. The van der Waals surface area contributed by atoms with E-state index in [1.54, 1.807) is 16.8 Å². The molecule has 1 N–H and O–H groups in total. The third kappa shape index (κ3) is 3.19. The average molecular weight is 304 g/mol. The number of hydrogen-bond donors (Lipinski definition) is 1. The van der Waals surface area contributed by atoms with Crippen molar-refractivity contribution in [3.05, 3.63) is 33.5 Å². The summed E-state index contributed by atoms with van der Waals surface area (Å²) in [5.74, 6) is 1.08. The van der Waals surface area contributed by atoms with Gasteiger partial charge in [0.1, 0.15) is 12.2 Å². The van der Waals surface area contributed by atoms with Crippen molar-refractivity contribution in [1.82, 2.24) is 20.1 Å². The van der Waals surface area contributed by atoms with Gasteiger partial charge in [-0.05, 0) is 50.8 Å². The number of likely N-dealkylation sites (N-methyl/N-ethyl adjacent to an activating group) is 1. The summed E-state index contributed by atoms with van der Waals surface area (Å²) in [6, 6.07) is 2.79. The van der Waals surface area contributed by atoms with Gasteiger partial charge in [0, 0.05) is 28.8 Å². The van der Waals surface area contributed by atoms with Gasteiger partial charge < -0.3 is 5.32 Å². The van der Waals surface area contributed by atoms with Crippen molar-refractivity contribution in [2.24, 2.45) is 0 Å². The van der Waals surface area contributed by atoms with Crippen LogP contribution in [0.1, 0.15) is 53.9 Å². The molecule has 3 rings (SSSR count). The molecule has 0 bridgehead atoms. The van der Waals surface area contributed by atoms with Gasteiger partial charge in [0.2, 0.25) is 0 Å². The molecular weight excluding hydrogens is 280 g/mol. The Morgan fingerprint density at radius 1 is 1.33 bits per heavy atom. The first-order valence-electron chi connectivity index (χ1n) is 8.03. The minimum Gasteiger partial charge on any atom is -0.309 e. The number of thiophene rings is 1. The fraction of sp³-hybridized carbons (Fsp3) is 0.625. The molecule has 0 spiro atoms. The van der Waals surface area contributed by atoms with E-state index in [0.717, 1.165) is 25.3 Å². The van der Waals surface area contributed by atoms with Crippen LogP contribution in [0.15, 0.2) is 12.4 Å². The van der Waals surface area contributed by atoms with Gasteiger partial charge in [-0.25, -0.2) is 4.98 Å². The fourth-order valence-electron chi connectivity index (χ4n) is 3.10. The number of aryl methyl sites for hydroxylation is 3. The summed E-state index contributed by atoms with van der Waals surface area (Å²) in [5, 5.41) is 7.91. The van der Waals surface area contributed by atoms with Crippen molar-refractivity contribution in [2.45, 2.75) is 58.5 Å². The molecule has 4 nitrogen and oxygen atoms in total. The normalized spacial score (nSPS) is 15.9. The first-order chi connectivity index (χ1) is 10.3. The zero-order valence-electron chi connectivity index (χ0n) is 12.9. The van der Waals surface area contributed by atoms with Crippen LogP contribution in [0.25, 0.3) is 0 Å². The molecule has 2 aromatic heterocycles. The van der Waals surface area contributed by atoms with Gasteiger partial charge in [0.25, 0.3) is 0 Å². The van der Waals surface area contributed by atoms with Crippen molar-refractivity contribution < 1.29 is 0 Å². The van der Waals surface area contributed by atoms with Crippen LogP contribution in [0.5, 0.6) is 0 Å². The van der Waals surface area contributed by atoms with E-state index in [1.807, 2.05) is 16.0 Å². The highest BCUT2D eigenvalue weighted by Crippen LogP contribution is 2.33. The van der Waals surface area contributed by atoms with E-state index in [1.165, 1.54) is 30.6 Å². The fourth-order valence-corrected chi connectivity index (χ4v) is 4.43. The molecule has 1 aliphatic rings. The summed E-state index contributed by atoms with van der Waals surface area (Å²) in [4.78, 5) is 7.51. The number of nitrogens with zero attached hydrogens (tertiary/aromatic N) is 3. The lowest BCUT2D eigenvalue weighted by Crippen LogP contribution is -2.23. The molecule has 2 heterocycles. The molecule has 0 aliphatic heterocycles. The largest absolute Gasteiger partial charge is 0.309 e. The molecule has 114 valence electrons. The van der Waals surface area contributed by atoms with Crippen molar-refractivity contribution in [3.63, 3.8) is 0 Å². The van der Waals surface area contributed by atoms with Crippen molar-refractivity contribution in [1.29, 1.82) is 0 Å². The van der Waals surface area contributed by atoms with Crippen LogP contribution in [0.4, 0.5) is 0 Å². The summed E-state index contributed by atoms with van der Waals surface area (Å²) in [7, 11) is 0. The molecule has 5 heteroatoms. The van der Waals surface area contributed by atoms with Crippen molar-refractivity contribution in [3.8, 4) is 0 Å². The van der Waals surface area contributed by atoms with Gasteiger partial charge >= 0.3 is 0 Å². The van der Waals surface area contributed by atoms with Crippen LogP contribution < -0.4 is 5.32 Å². The lowest BCUT2D eigenvalue weighted by Gasteiger charge is -2.16. The molecule has 0 amide bonds. The first kappa shape index (κ1) is 14.7. The zero-order valence-corrected chi connectivity index (χ0v) is 13.7. The number of fused-ring (bicyclic) bond motifs is 1. The van der Waals surface area contributed by atoms with Gasteiger partial charge in [-0.3, -0.25) is 4.68 Å². The van der Waals surface area contributed by atoms with Crippen molar-refractivity contribution >= 4 is 11.3 Å². The molecular formula is C16H24N4S. The lowest BCUT2D eigenvalue weighted by molar-refractivity contribution is 0.515. The Morgan fingerprint density at radius 2 is 2.19 bits per heavy atom. The maximum atomic E-state index is 4.43. The Labute approximate surface area is 130 Å². The highest BCUT2D eigenvalue weighted by atomic mass is 32.1. The van der Waals surface area contributed by atoms with Gasteiger partial charge in [0.05, 0.1) is 0 Å². The van der Waals surface area contributed by atoms with Gasteiger partial charge in [0.15, 0.2) is 0 Å². The molecule has 0 fully saturated rings. The molecule has 2 aromatic rings. The van der Waals surface area contributed by atoms with E-state index in [0.29, 0.717) is 6.04 Å². The summed E-state index contributed by atoms with van der Waals surface area (Å²) in [5.41, 5.74) is 1.58. The summed E-state index contributed by atoms with van der Waals surface area (Å²) < 4.78 is 2.00. The Morgan fingerprint density at radius 3 is 2.95 bits per heavy atom. The van der Waals surface area contributed by atoms with E-state index in [2.05, 4.69) is 35.3 Å². The van der Waals surface area contributed by atoms with Gasteiger partial charge in [-0.1, -0.05) is 6.92 Å². The lowest BCUT2D eigenvalue weighted by atomic mass is 9.98. The Hall–Kier alpha value is -1.20. The summed E-state index contributed by atoms with van der Waals surface area (Å²) in [6.07, 6.45) is 7.81. The second-order valence-electron chi connectivity index (χ2n) is 5.61. The number of rotatable bonds is 6. The quantitative estimate of drug-likeness (QED) is 0.891. The summed E-state index contributed by atoms with van der Waals surface area (Å²) in [6.45, 7) is 6.15. The number of aromatic nitrogens is 3. The third-order valence-electron chi connectivity index (χ3n) is 4.19. The Bertz CT molecular complexity index is 563. The molecule has 1 aliphatic carbocycles. The second kappa shape index (κ2) is 6.71. The zero-order chi connectivity index (χ0) is 14.7. The second-order valence-corrected chi connectivity index (χ2v) is 6.78. The SMILES string of the molecule is CCNC(Cc1ncnn1CC)c1cc2c(s1)CCCC2. The molecule has 0 aromatic carbocycles. The van der Waals surface area contributed by atoms with E-state index in [4.69, 9.17) is 0 Å². The molecule has 1 unspecified atom stereocenters. The van der Waals surface area contributed by atoms with Crippen LogP contribution in [0.3, 0.4) is 0 Å². The molecule has 0 radical (unpaired) electrons. The molecule has 0 saturated heterocycles. The topological polar surface area (TPSA) is 42.7 Å². The van der Waals surface area contributed by atoms with Crippen molar-refractivity contribution in [2.75, 3.05) is 6.54 Å². The number of nitrogens with one attached hydrogen (secondary N) is 1. The number of hydrogen-bond acceptors (Lipinski definition) is 4. The van der Waals surface area contributed by atoms with Crippen LogP contribution in [0, 0.1) is 0 Å². The van der Waals surface area contributed by atoms with E-state index < -0.39 is 0 Å². The predicted molar refractivity (Wildman–Crippen MR) is 86.8 cm³/mol. The van der Waals surface area contributed by atoms with Crippen LogP contribution in [0.2, 0.25) is 0 Å². The predicted octanol–water partition coefficient (Wildman–Crippen LogP) is 3.13. The van der Waals surface area contributed by atoms with Crippen LogP contribution >= 0.6 is 11.3 Å². The molecule has 1 atom stereocenters. The van der Waals surface area contributed by atoms with Crippen LogP contribution in [-0.2, 0) is 25.8 Å². The third-order valence-corrected chi connectivity index (χ3v) is 5.54. The highest BCUT2D eigenvalue weighted by molar-refractivity contribution is 7.12. The molecule has 21 heavy (non-hydrogen) atoms. The summed E-state index contributed by atoms with van der Waals surface area (Å²) >= 11 is 2.00. The minimum absolute atomic E-state index is 0.361. The van der Waals surface area contributed by atoms with Gasteiger partial charge in [-0.15, -0.1) is 11.3 Å². The first-order valence-corrected chi connectivity index (χ1v) is 8.85. The van der Waals surface area contributed by atoms with E-state index in [-0.39, 0.29) is 0 Å². The highest BCUT2D eigenvalue weighted by Gasteiger charge is 2.20.